The summed E-state index contributed by atoms with van der Waals surface area (Å²) in [5.41, 5.74) is 2.14. The van der Waals surface area contributed by atoms with Crippen molar-refractivity contribution in [2.75, 3.05) is 11.9 Å². The Morgan fingerprint density at radius 3 is 3.00 bits per heavy atom. The van der Waals surface area contributed by atoms with Gasteiger partial charge in [-0.1, -0.05) is 12.1 Å². The maximum absolute atomic E-state index is 10.2. The molecule has 0 saturated carbocycles. The highest BCUT2D eigenvalue weighted by Crippen LogP contribution is 2.09. The Labute approximate surface area is 72.6 Å². The molecule has 0 radical (unpaired) electrons. The number of carbonyl (C=O) groups excluding carboxylic acids is 1. The van der Waals surface area contributed by atoms with Crippen LogP contribution in [0.1, 0.15) is 12.5 Å². The van der Waals surface area contributed by atoms with Crippen molar-refractivity contribution in [3.8, 4) is 0 Å². The Hall–Kier alpha value is -1.31. The molecular formula is C10H13NO. The third-order valence-corrected chi connectivity index (χ3v) is 1.63. The van der Waals surface area contributed by atoms with E-state index in [9.17, 15) is 4.79 Å². The van der Waals surface area contributed by atoms with Gasteiger partial charge in [0.2, 0.25) is 0 Å². The zero-order chi connectivity index (χ0) is 8.81. The van der Waals surface area contributed by atoms with Crippen LogP contribution in [0.25, 0.3) is 0 Å². The molecule has 0 atom stereocenters. The van der Waals surface area contributed by atoms with Crippen LogP contribution in [0.5, 0.6) is 0 Å². The second-order valence-corrected chi connectivity index (χ2v) is 2.60. The van der Waals surface area contributed by atoms with Gasteiger partial charge in [-0.3, -0.25) is 0 Å². The normalized spacial score (nSPS) is 9.42. The van der Waals surface area contributed by atoms with Crippen LogP contribution in [0.3, 0.4) is 0 Å². The minimum absolute atomic E-state index is 0.499. The molecule has 1 rings (SSSR count). The Balaban J connectivity index is 2.73. The maximum atomic E-state index is 10.2. The Bertz CT molecular complexity index is 258. The molecule has 1 aromatic carbocycles. The van der Waals surface area contributed by atoms with Crippen molar-refractivity contribution in [2.24, 2.45) is 0 Å². The topological polar surface area (TPSA) is 29.1 Å². The Morgan fingerprint density at radius 2 is 2.33 bits per heavy atom. The first-order valence-corrected chi connectivity index (χ1v) is 4.13. The Kier molecular flexibility index (Phi) is 3.33. The number of anilines is 1. The minimum Gasteiger partial charge on any atom is -0.385 e. The molecule has 0 aliphatic carbocycles. The van der Waals surface area contributed by atoms with Crippen molar-refractivity contribution >= 4 is 12.0 Å². The lowest BCUT2D eigenvalue weighted by molar-refractivity contribution is -0.107. The van der Waals surface area contributed by atoms with Crippen LogP contribution in [0, 0.1) is 0 Å². The monoisotopic (exact) mass is 163 g/mol. The fourth-order valence-electron chi connectivity index (χ4n) is 1.11. The van der Waals surface area contributed by atoms with Crippen LogP contribution >= 0.6 is 0 Å². The molecule has 0 unspecified atom stereocenters. The summed E-state index contributed by atoms with van der Waals surface area (Å²) in [5.74, 6) is 0. The average Bonchev–Trinajstić information content (AvgIpc) is 2.06. The van der Waals surface area contributed by atoms with Crippen LogP contribution in [0.15, 0.2) is 24.3 Å². The van der Waals surface area contributed by atoms with Gasteiger partial charge in [-0.2, -0.15) is 0 Å². The summed E-state index contributed by atoms with van der Waals surface area (Å²) in [6.07, 6.45) is 1.42. The molecule has 0 bridgehead atoms. The second-order valence-electron chi connectivity index (χ2n) is 2.60. The van der Waals surface area contributed by atoms with E-state index in [1.54, 1.807) is 0 Å². The van der Waals surface area contributed by atoms with Gasteiger partial charge in [-0.15, -0.1) is 0 Å². The van der Waals surface area contributed by atoms with Crippen molar-refractivity contribution in [1.82, 2.24) is 0 Å². The first kappa shape index (κ1) is 8.78. The molecule has 0 amide bonds. The third kappa shape index (κ3) is 2.38. The third-order valence-electron chi connectivity index (χ3n) is 1.63. The van der Waals surface area contributed by atoms with E-state index in [1.807, 2.05) is 31.2 Å². The summed E-state index contributed by atoms with van der Waals surface area (Å²) in [5, 5.41) is 3.19. The first-order chi connectivity index (χ1) is 5.86. The van der Waals surface area contributed by atoms with E-state index in [0.717, 1.165) is 24.1 Å². The van der Waals surface area contributed by atoms with E-state index in [1.165, 1.54) is 0 Å². The molecule has 0 aliphatic heterocycles. The first-order valence-electron chi connectivity index (χ1n) is 4.13. The van der Waals surface area contributed by atoms with E-state index < -0.39 is 0 Å². The van der Waals surface area contributed by atoms with Gasteiger partial charge in [-0.05, 0) is 24.6 Å². The van der Waals surface area contributed by atoms with Crippen LogP contribution in [-0.2, 0) is 11.2 Å². The molecule has 64 valence electrons. The van der Waals surface area contributed by atoms with Crippen molar-refractivity contribution in [1.29, 1.82) is 0 Å². The predicted molar refractivity (Wildman–Crippen MR) is 50.4 cm³/mol. The molecule has 1 N–H and O–H groups in total. The van der Waals surface area contributed by atoms with Gasteiger partial charge in [-0.25, -0.2) is 0 Å². The van der Waals surface area contributed by atoms with Crippen molar-refractivity contribution in [3.05, 3.63) is 29.8 Å². The summed E-state index contributed by atoms with van der Waals surface area (Å²) in [7, 11) is 0. The summed E-state index contributed by atoms with van der Waals surface area (Å²) in [6, 6.07) is 7.90. The highest BCUT2D eigenvalue weighted by atomic mass is 16.1. The number of nitrogens with one attached hydrogen (secondary N) is 1. The smallest absolute Gasteiger partial charge is 0.124 e. The van der Waals surface area contributed by atoms with E-state index in [2.05, 4.69) is 5.32 Å². The second kappa shape index (κ2) is 4.54. The van der Waals surface area contributed by atoms with Gasteiger partial charge in [0.1, 0.15) is 6.29 Å². The van der Waals surface area contributed by atoms with Gasteiger partial charge in [0, 0.05) is 18.7 Å². The SMILES string of the molecule is CCNc1cccc(CC=O)c1. The number of aldehydes is 1. The molecule has 1 aromatic rings. The van der Waals surface area contributed by atoms with Gasteiger partial charge in [0.15, 0.2) is 0 Å². The largest absolute Gasteiger partial charge is 0.385 e. The molecular weight excluding hydrogens is 150 g/mol. The molecule has 0 aromatic heterocycles. The zero-order valence-corrected chi connectivity index (χ0v) is 7.21. The van der Waals surface area contributed by atoms with Crippen molar-refractivity contribution < 1.29 is 4.79 Å². The lowest BCUT2D eigenvalue weighted by atomic mass is 10.1. The van der Waals surface area contributed by atoms with Gasteiger partial charge in [0.25, 0.3) is 0 Å². The predicted octanol–water partition coefficient (Wildman–Crippen LogP) is 1.86. The molecule has 0 spiro atoms. The summed E-state index contributed by atoms with van der Waals surface area (Å²) >= 11 is 0. The minimum atomic E-state index is 0.499. The van der Waals surface area contributed by atoms with Crippen LogP contribution < -0.4 is 5.32 Å². The maximum Gasteiger partial charge on any atom is 0.124 e. The number of carbonyl (C=O) groups is 1. The van der Waals surface area contributed by atoms with Crippen molar-refractivity contribution in [3.63, 3.8) is 0 Å². The molecule has 12 heavy (non-hydrogen) atoms. The van der Waals surface area contributed by atoms with Crippen LogP contribution in [-0.4, -0.2) is 12.8 Å². The van der Waals surface area contributed by atoms with Crippen LogP contribution in [0.4, 0.5) is 5.69 Å². The molecule has 0 fully saturated rings. The van der Waals surface area contributed by atoms with E-state index in [-0.39, 0.29) is 0 Å². The summed E-state index contributed by atoms with van der Waals surface area (Å²) < 4.78 is 0. The number of rotatable bonds is 4. The molecule has 0 heterocycles. The van der Waals surface area contributed by atoms with E-state index >= 15 is 0 Å². The highest BCUT2D eigenvalue weighted by Gasteiger charge is 1.92. The zero-order valence-electron chi connectivity index (χ0n) is 7.21. The molecule has 0 saturated heterocycles. The summed E-state index contributed by atoms with van der Waals surface area (Å²) in [6.45, 7) is 2.96. The molecule has 2 nitrogen and oxygen atoms in total. The summed E-state index contributed by atoms with van der Waals surface area (Å²) in [4.78, 5) is 10.2. The number of hydrogen-bond donors (Lipinski definition) is 1. The fourth-order valence-corrected chi connectivity index (χ4v) is 1.11. The van der Waals surface area contributed by atoms with Crippen LogP contribution in [0.2, 0.25) is 0 Å². The lowest BCUT2D eigenvalue weighted by Gasteiger charge is -2.03. The van der Waals surface area contributed by atoms with Gasteiger partial charge >= 0.3 is 0 Å². The van der Waals surface area contributed by atoms with Gasteiger partial charge < -0.3 is 10.1 Å². The van der Waals surface area contributed by atoms with Gasteiger partial charge in [0.05, 0.1) is 0 Å². The fraction of sp³-hybridized carbons (Fsp3) is 0.300. The molecule has 2 heteroatoms. The molecule has 0 aliphatic rings. The quantitative estimate of drug-likeness (QED) is 0.686. The highest BCUT2D eigenvalue weighted by molar-refractivity contribution is 5.57. The lowest BCUT2D eigenvalue weighted by Crippen LogP contribution is -1.97. The Morgan fingerprint density at radius 1 is 1.50 bits per heavy atom. The van der Waals surface area contributed by atoms with Crippen molar-refractivity contribution in [2.45, 2.75) is 13.3 Å². The van der Waals surface area contributed by atoms with E-state index in [0.29, 0.717) is 6.42 Å². The number of hydrogen-bond acceptors (Lipinski definition) is 2. The average molecular weight is 163 g/mol. The standard InChI is InChI=1S/C10H13NO/c1-2-11-10-5-3-4-9(8-10)6-7-12/h3-5,7-8,11H,2,6H2,1H3. The number of benzene rings is 1. The van der Waals surface area contributed by atoms with E-state index in [4.69, 9.17) is 0 Å².